The SMILES string of the molecule is Cc1cc(O)ccc1O.OC1CCCCC1. The van der Waals surface area contributed by atoms with Gasteiger partial charge < -0.3 is 15.3 Å². The highest BCUT2D eigenvalue weighted by Crippen LogP contribution is 2.20. The third-order valence-corrected chi connectivity index (χ3v) is 2.76. The zero-order valence-corrected chi connectivity index (χ0v) is 9.69. The van der Waals surface area contributed by atoms with Gasteiger partial charge in [0.05, 0.1) is 6.10 Å². The summed E-state index contributed by atoms with van der Waals surface area (Å²) in [5.74, 6) is 0.401. The van der Waals surface area contributed by atoms with E-state index in [1.54, 1.807) is 6.92 Å². The second kappa shape index (κ2) is 6.38. The van der Waals surface area contributed by atoms with Crippen LogP contribution in [0, 0.1) is 6.92 Å². The molecular weight excluding hydrogens is 204 g/mol. The third kappa shape index (κ3) is 4.53. The van der Waals surface area contributed by atoms with Crippen LogP contribution >= 0.6 is 0 Å². The molecule has 0 spiro atoms. The Bertz CT molecular complexity index is 317. The zero-order valence-electron chi connectivity index (χ0n) is 9.69. The van der Waals surface area contributed by atoms with Crippen molar-refractivity contribution >= 4 is 0 Å². The number of aliphatic hydroxyl groups excluding tert-OH is 1. The van der Waals surface area contributed by atoms with Gasteiger partial charge in [-0.3, -0.25) is 0 Å². The molecule has 1 aliphatic carbocycles. The van der Waals surface area contributed by atoms with Gasteiger partial charge >= 0.3 is 0 Å². The van der Waals surface area contributed by atoms with Gasteiger partial charge in [-0.2, -0.15) is 0 Å². The molecule has 0 aromatic heterocycles. The molecule has 0 saturated heterocycles. The quantitative estimate of drug-likeness (QED) is 0.594. The number of hydrogen-bond donors (Lipinski definition) is 3. The average Bonchev–Trinajstić information content (AvgIpc) is 2.26. The molecule has 1 fully saturated rings. The van der Waals surface area contributed by atoms with Crippen LogP contribution in [0.2, 0.25) is 0 Å². The molecule has 3 heteroatoms. The highest BCUT2D eigenvalue weighted by Gasteiger charge is 2.07. The molecule has 90 valence electrons. The molecule has 1 aliphatic rings. The topological polar surface area (TPSA) is 60.7 Å². The molecule has 0 atom stereocenters. The molecular formula is C13H20O3. The molecule has 3 N–H and O–H groups in total. The van der Waals surface area contributed by atoms with Crippen LogP contribution in [0.5, 0.6) is 11.5 Å². The number of phenols is 2. The van der Waals surface area contributed by atoms with Gasteiger partial charge in [0.2, 0.25) is 0 Å². The smallest absolute Gasteiger partial charge is 0.118 e. The van der Waals surface area contributed by atoms with E-state index in [0.717, 1.165) is 12.8 Å². The van der Waals surface area contributed by atoms with E-state index in [9.17, 15) is 0 Å². The molecule has 0 radical (unpaired) electrons. The summed E-state index contributed by atoms with van der Waals surface area (Å²) >= 11 is 0. The van der Waals surface area contributed by atoms with E-state index in [4.69, 9.17) is 15.3 Å². The maximum Gasteiger partial charge on any atom is 0.118 e. The van der Waals surface area contributed by atoms with E-state index in [2.05, 4.69) is 0 Å². The Balaban J connectivity index is 0.000000165. The average molecular weight is 224 g/mol. The number of aryl methyl sites for hydroxylation is 1. The van der Waals surface area contributed by atoms with Gasteiger partial charge in [-0.05, 0) is 43.5 Å². The lowest BCUT2D eigenvalue weighted by atomic mass is 9.98. The zero-order chi connectivity index (χ0) is 12.0. The number of rotatable bonds is 0. The number of aromatic hydroxyl groups is 2. The maximum absolute atomic E-state index is 8.93. The number of phenolic OH excluding ortho intramolecular Hbond substituents is 2. The monoisotopic (exact) mass is 224 g/mol. The van der Waals surface area contributed by atoms with Crippen LogP contribution in [0.25, 0.3) is 0 Å². The van der Waals surface area contributed by atoms with Crippen molar-refractivity contribution in [3.8, 4) is 11.5 Å². The first-order chi connectivity index (χ1) is 7.59. The Hall–Kier alpha value is -1.22. The van der Waals surface area contributed by atoms with Gasteiger partial charge in [0.15, 0.2) is 0 Å². The van der Waals surface area contributed by atoms with Crippen LogP contribution in [-0.2, 0) is 0 Å². The maximum atomic E-state index is 8.93. The van der Waals surface area contributed by atoms with Crippen LogP contribution in [0.4, 0.5) is 0 Å². The Kier molecular flexibility index (Phi) is 5.12. The minimum Gasteiger partial charge on any atom is -0.508 e. The Morgan fingerprint density at radius 3 is 2.06 bits per heavy atom. The summed E-state index contributed by atoms with van der Waals surface area (Å²) in [5.41, 5.74) is 0.690. The molecule has 2 rings (SSSR count). The minimum absolute atomic E-state index is 0.0359. The number of benzene rings is 1. The molecule has 1 saturated carbocycles. The van der Waals surface area contributed by atoms with Crippen molar-refractivity contribution in [2.75, 3.05) is 0 Å². The van der Waals surface area contributed by atoms with Crippen LogP contribution < -0.4 is 0 Å². The van der Waals surface area contributed by atoms with Gasteiger partial charge in [0.1, 0.15) is 11.5 Å². The highest BCUT2D eigenvalue weighted by molar-refractivity contribution is 5.37. The van der Waals surface area contributed by atoms with Crippen molar-refractivity contribution in [1.29, 1.82) is 0 Å². The van der Waals surface area contributed by atoms with E-state index in [1.807, 2.05) is 0 Å². The summed E-state index contributed by atoms with van der Waals surface area (Å²) in [5, 5.41) is 26.7. The summed E-state index contributed by atoms with van der Waals surface area (Å²) in [6.07, 6.45) is 5.92. The first kappa shape index (κ1) is 12.8. The molecule has 0 bridgehead atoms. The fourth-order valence-corrected chi connectivity index (χ4v) is 1.72. The van der Waals surface area contributed by atoms with Crippen molar-refractivity contribution in [1.82, 2.24) is 0 Å². The first-order valence-corrected chi connectivity index (χ1v) is 5.76. The van der Waals surface area contributed by atoms with Crippen LogP contribution in [0.1, 0.15) is 37.7 Å². The van der Waals surface area contributed by atoms with Gasteiger partial charge in [-0.15, -0.1) is 0 Å². The molecule has 1 aromatic rings. The van der Waals surface area contributed by atoms with Crippen molar-refractivity contribution in [3.63, 3.8) is 0 Å². The molecule has 0 amide bonds. The Labute approximate surface area is 96.4 Å². The Morgan fingerprint density at radius 1 is 1.06 bits per heavy atom. The van der Waals surface area contributed by atoms with Gasteiger partial charge in [-0.1, -0.05) is 19.3 Å². The van der Waals surface area contributed by atoms with Crippen LogP contribution in [0.3, 0.4) is 0 Å². The standard InChI is InChI=1S/C7H8O2.C6H12O/c1-5-4-6(8)2-3-7(5)9;7-6-4-2-1-3-5-6/h2-4,8-9H,1H3;6-7H,1-5H2. The lowest BCUT2D eigenvalue weighted by molar-refractivity contribution is 0.130. The second-order valence-corrected chi connectivity index (χ2v) is 4.26. The molecule has 0 unspecified atom stereocenters. The van der Waals surface area contributed by atoms with Gasteiger partial charge in [0, 0.05) is 0 Å². The predicted octanol–water partition coefficient (Wildman–Crippen LogP) is 2.72. The third-order valence-electron chi connectivity index (χ3n) is 2.76. The largest absolute Gasteiger partial charge is 0.508 e. The van der Waals surface area contributed by atoms with Crippen molar-refractivity contribution in [2.24, 2.45) is 0 Å². The van der Waals surface area contributed by atoms with E-state index < -0.39 is 0 Å². The second-order valence-electron chi connectivity index (χ2n) is 4.26. The van der Waals surface area contributed by atoms with E-state index in [0.29, 0.717) is 5.56 Å². The highest BCUT2D eigenvalue weighted by atomic mass is 16.3. The lowest BCUT2D eigenvalue weighted by Gasteiger charge is -2.14. The fourth-order valence-electron chi connectivity index (χ4n) is 1.72. The Morgan fingerprint density at radius 2 is 1.69 bits per heavy atom. The molecule has 1 aromatic carbocycles. The van der Waals surface area contributed by atoms with Crippen molar-refractivity contribution < 1.29 is 15.3 Å². The normalized spacial score (nSPS) is 16.4. The van der Waals surface area contributed by atoms with Gasteiger partial charge in [0.25, 0.3) is 0 Å². The van der Waals surface area contributed by atoms with Crippen LogP contribution in [0.15, 0.2) is 18.2 Å². The first-order valence-electron chi connectivity index (χ1n) is 5.76. The summed E-state index contributed by atoms with van der Waals surface area (Å²) in [6, 6.07) is 4.42. The van der Waals surface area contributed by atoms with E-state index >= 15 is 0 Å². The minimum atomic E-state index is 0.0359. The molecule has 16 heavy (non-hydrogen) atoms. The molecule has 0 aliphatic heterocycles. The summed E-state index contributed by atoms with van der Waals surface area (Å²) in [4.78, 5) is 0. The number of hydrogen-bond acceptors (Lipinski definition) is 3. The van der Waals surface area contributed by atoms with Gasteiger partial charge in [-0.25, -0.2) is 0 Å². The summed E-state index contributed by atoms with van der Waals surface area (Å²) in [6.45, 7) is 1.73. The number of aliphatic hydroxyl groups is 1. The predicted molar refractivity (Wildman–Crippen MR) is 63.6 cm³/mol. The summed E-state index contributed by atoms with van der Waals surface area (Å²) in [7, 11) is 0. The lowest BCUT2D eigenvalue weighted by Crippen LogP contribution is -2.09. The fraction of sp³-hybridized carbons (Fsp3) is 0.538. The van der Waals surface area contributed by atoms with Crippen molar-refractivity contribution in [2.45, 2.75) is 45.1 Å². The summed E-state index contributed by atoms with van der Waals surface area (Å²) < 4.78 is 0. The van der Waals surface area contributed by atoms with Crippen molar-refractivity contribution in [3.05, 3.63) is 23.8 Å². The van der Waals surface area contributed by atoms with E-state index in [-0.39, 0.29) is 17.6 Å². The molecule has 0 heterocycles. The van der Waals surface area contributed by atoms with Crippen LogP contribution in [-0.4, -0.2) is 21.4 Å². The molecule has 3 nitrogen and oxygen atoms in total. The van der Waals surface area contributed by atoms with E-state index in [1.165, 1.54) is 37.5 Å².